The summed E-state index contributed by atoms with van der Waals surface area (Å²) in [5.41, 5.74) is 2.21. The largest absolute Gasteiger partial charge is 0.356 e. The van der Waals surface area contributed by atoms with E-state index >= 15 is 0 Å². The second-order valence-electron chi connectivity index (χ2n) is 3.39. The first kappa shape index (κ1) is 13.5. The monoisotopic (exact) mass is 244 g/mol. The third kappa shape index (κ3) is 4.94. The molecule has 1 aromatic rings. The Morgan fingerprint density at radius 1 is 1.19 bits per heavy atom. The predicted molar refractivity (Wildman–Crippen MR) is 63.2 cm³/mol. The zero-order valence-corrected chi connectivity index (χ0v) is 10.4. The summed E-state index contributed by atoms with van der Waals surface area (Å²) in [6.45, 7) is 2.57. The number of halogens is 1. The Hall–Kier alpha value is -0.610. The van der Waals surface area contributed by atoms with E-state index in [2.05, 4.69) is 0 Å². The van der Waals surface area contributed by atoms with Crippen molar-refractivity contribution < 1.29 is 14.2 Å². The topological polar surface area (TPSA) is 27.7 Å². The van der Waals surface area contributed by atoms with Crippen molar-refractivity contribution in [1.29, 1.82) is 0 Å². The number of rotatable bonds is 7. The normalized spacial score (nSPS) is 12.7. The van der Waals surface area contributed by atoms with Crippen molar-refractivity contribution in [2.45, 2.75) is 25.7 Å². The van der Waals surface area contributed by atoms with Gasteiger partial charge in [0.2, 0.25) is 0 Å². The first-order chi connectivity index (χ1) is 7.76. The molecule has 0 radical (unpaired) electrons. The Labute approximate surface area is 101 Å². The van der Waals surface area contributed by atoms with Crippen LogP contribution in [0.4, 0.5) is 0 Å². The number of methoxy groups -OCH3 is 1. The van der Waals surface area contributed by atoms with E-state index in [1.807, 2.05) is 31.2 Å². The van der Waals surface area contributed by atoms with Gasteiger partial charge in [-0.05, 0) is 18.1 Å². The molecule has 0 amide bonds. The SMILES string of the molecule is COC(C)OCOCc1ccc(CCl)cc1. The second kappa shape index (κ2) is 7.63. The van der Waals surface area contributed by atoms with Crippen molar-refractivity contribution in [2.75, 3.05) is 13.9 Å². The van der Waals surface area contributed by atoms with Gasteiger partial charge in [0.15, 0.2) is 6.29 Å². The van der Waals surface area contributed by atoms with Crippen molar-refractivity contribution in [3.63, 3.8) is 0 Å². The molecule has 0 aromatic heterocycles. The average Bonchev–Trinajstić information content (AvgIpc) is 2.35. The molecular formula is C12H17ClO3. The molecule has 0 aliphatic rings. The van der Waals surface area contributed by atoms with Gasteiger partial charge in [-0.25, -0.2) is 0 Å². The Morgan fingerprint density at radius 3 is 2.38 bits per heavy atom. The maximum atomic E-state index is 5.69. The lowest BCUT2D eigenvalue weighted by atomic mass is 10.2. The highest BCUT2D eigenvalue weighted by Crippen LogP contribution is 2.08. The quantitative estimate of drug-likeness (QED) is 0.419. The summed E-state index contributed by atoms with van der Waals surface area (Å²) in [6, 6.07) is 7.98. The number of ether oxygens (including phenoxy) is 3. The highest BCUT2D eigenvalue weighted by atomic mass is 35.5. The van der Waals surface area contributed by atoms with E-state index in [4.69, 9.17) is 25.8 Å². The molecule has 1 rings (SSSR count). The number of benzene rings is 1. The second-order valence-corrected chi connectivity index (χ2v) is 3.65. The Kier molecular flexibility index (Phi) is 6.42. The molecule has 90 valence electrons. The van der Waals surface area contributed by atoms with Crippen LogP contribution in [0.1, 0.15) is 18.1 Å². The van der Waals surface area contributed by atoms with Gasteiger partial charge in [-0.3, -0.25) is 0 Å². The zero-order valence-electron chi connectivity index (χ0n) is 9.61. The fourth-order valence-corrected chi connectivity index (χ4v) is 1.27. The van der Waals surface area contributed by atoms with Gasteiger partial charge in [-0.2, -0.15) is 0 Å². The molecule has 4 heteroatoms. The van der Waals surface area contributed by atoms with E-state index in [1.165, 1.54) is 0 Å². The summed E-state index contributed by atoms with van der Waals surface area (Å²) in [5, 5.41) is 0. The van der Waals surface area contributed by atoms with Crippen LogP contribution in [-0.4, -0.2) is 20.2 Å². The van der Waals surface area contributed by atoms with E-state index < -0.39 is 0 Å². The summed E-state index contributed by atoms with van der Waals surface area (Å²) >= 11 is 5.69. The molecule has 0 aliphatic carbocycles. The van der Waals surface area contributed by atoms with Gasteiger partial charge < -0.3 is 14.2 Å². The molecule has 0 spiro atoms. The van der Waals surface area contributed by atoms with Gasteiger partial charge in [0.05, 0.1) is 6.61 Å². The third-order valence-electron chi connectivity index (χ3n) is 2.16. The minimum atomic E-state index is -0.237. The molecule has 0 fully saturated rings. The molecule has 1 unspecified atom stereocenters. The fraction of sp³-hybridized carbons (Fsp3) is 0.500. The molecule has 0 bridgehead atoms. The van der Waals surface area contributed by atoms with Crippen LogP contribution in [-0.2, 0) is 26.7 Å². The minimum absolute atomic E-state index is 0.228. The van der Waals surface area contributed by atoms with Crippen molar-refractivity contribution in [3.05, 3.63) is 35.4 Å². The summed E-state index contributed by atoms with van der Waals surface area (Å²) in [6.07, 6.45) is -0.237. The Balaban J connectivity index is 2.21. The zero-order chi connectivity index (χ0) is 11.8. The molecule has 1 atom stereocenters. The van der Waals surface area contributed by atoms with E-state index in [0.29, 0.717) is 12.5 Å². The number of hydrogen-bond acceptors (Lipinski definition) is 3. The molecule has 3 nitrogen and oxygen atoms in total. The van der Waals surface area contributed by atoms with E-state index in [1.54, 1.807) is 7.11 Å². The van der Waals surface area contributed by atoms with E-state index in [-0.39, 0.29) is 13.1 Å². The van der Waals surface area contributed by atoms with Crippen LogP contribution in [0, 0.1) is 0 Å². The Bertz CT molecular complexity index is 287. The molecule has 0 saturated heterocycles. The minimum Gasteiger partial charge on any atom is -0.356 e. The molecule has 0 heterocycles. The maximum absolute atomic E-state index is 5.69. The molecule has 0 N–H and O–H groups in total. The van der Waals surface area contributed by atoms with Gasteiger partial charge in [0.1, 0.15) is 6.79 Å². The lowest BCUT2D eigenvalue weighted by Crippen LogP contribution is -2.12. The molecule has 0 saturated carbocycles. The molecular weight excluding hydrogens is 228 g/mol. The van der Waals surface area contributed by atoms with Crippen LogP contribution in [0.25, 0.3) is 0 Å². The summed E-state index contributed by atoms with van der Waals surface area (Å²) < 4.78 is 15.4. The standard InChI is InChI=1S/C12H17ClO3/c1-10(14-2)16-9-15-8-12-5-3-11(7-13)4-6-12/h3-6,10H,7-9H2,1-2H3. The van der Waals surface area contributed by atoms with Gasteiger partial charge in [0.25, 0.3) is 0 Å². The Morgan fingerprint density at radius 2 is 1.81 bits per heavy atom. The summed E-state index contributed by atoms with van der Waals surface area (Å²) in [5.74, 6) is 0.537. The average molecular weight is 245 g/mol. The third-order valence-corrected chi connectivity index (χ3v) is 2.47. The molecule has 0 aliphatic heterocycles. The molecule has 1 aromatic carbocycles. The van der Waals surface area contributed by atoms with Crippen molar-refractivity contribution in [3.8, 4) is 0 Å². The van der Waals surface area contributed by atoms with Crippen LogP contribution >= 0.6 is 11.6 Å². The van der Waals surface area contributed by atoms with Gasteiger partial charge in [-0.15, -0.1) is 11.6 Å². The maximum Gasteiger partial charge on any atom is 0.157 e. The van der Waals surface area contributed by atoms with Crippen LogP contribution in [0.2, 0.25) is 0 Å². The van der Waals surface area contributed by atoms with Crippen LogP contribution in [0.3, 0.4) is 0 Å². The highest BCUT2D eigenvalue weighted by molar-refractivity contribution is 6.17. The van der Waals surface area contributed by atoms with E-state index in [0.717, 1.165) is 11.1 Å². The smallest absolute Gasteiger partial charge is 0.157 e. The van der Waals surface area contributed by atoms with Crippen molar-refractivity contribution in [2.24, 2.45) is 0 Å². The van der Waals surface area contributed by atoms with Crippen LogP contribution in [0.15, 0.2) is 24.3 Å². The predicted octanol–water partition coefficient (Wildman–Crippen LogP) is 2.91. The highest BCUT2D eigenvalue weighted by Gasteiger charge is 1.98. The lowest BCUT2D eigenvalue weighted by Gasteiger charge is -2.11. The first-order valence-electron chi connectivity index (χ1n) is 5.12. The summed E-state index contributed by atoms with van der Waals surface area (Å²) in [7, 11) is 1.59. The van der Waals surface area contributed by atoms with Crippen LogP contribution in [0.5, 0.6) is 0 Å². The molecule has 16 heavy (non-hydrogen) atoms. The number of alkyl halides is 1. The van der Waals surface area contributed by atoms with Gasteiger partial charge >= 0.3 is 0 Å². The van der Waals surface area contributed by atoms with Gasteiger partial charge in [0, 0.05) is 13.0 Å². The van der Waals surface area contributed by atoms with Crippen LogP contribution < -0.4 is 0 Å². The lowest BCUT2D eigenvalue weighted by molar-refractivity contribution is -0.177. The van der Waals surface area contributed by atoms with Gasteiger partial charge in [-0.1, -0.05) is 24.3 Å². The van der Waals surface area contributed by atoms with Crippen molar-refractivity contribution >= 4 is 11.6 Å². The van der Waals surface area contributed by atoms with Crippen molar-refractivity contribution in [1.82, 2.24) is 0 Å². The fourth-order valence-electron chi connectivity index (χ4n) is 1.10. The number of hydrogen-bond donors (Lipinski definition) is 0. The van der Waals surface area contributed by atoms with E-state index in [9.17, 15) is 0 Å². The first-order valence-corrected chi connectivity index (χ1v) is 5.65. The summed E-state index contributed by atoms with van der Waals surface area (Å²) in [4.78, 5) is 0.